The van der Waals surface area contributed by atoms with Gasteiger partial charge in [-0.3, -0.25) is 0 Å². The van der Waals surface area contributed by atoms with Gasteiger partial charge in [-0.25, -0.2) is 4.79 Å². The third-order valence-electron chi connectivity index (χ3n) is 5.35. The van der Waals surface area contributed by atoms with Crippen LogP contribution in [0.4, 0.5) is 5.69 Å². The largest absolute Gasteiger partial charge is 0.450 e. The number of anilines is 1. The number of allylic oxidation sites excluding steroid dienone is 4. The van der Waals surface area contributed by atoms with Gasteiger partial charge in [-0.1, -0.05) is 43.0 Å². The molecule has 0 bridgehead atoms. The monoisotopic (exact) mass is 369 g/mol. The molecule has 0 amide bonds. The molecule has 3 aliphatic rings. The Morgan fingerprint density at radius 3 is 2.89 bits per heavy atom. The quantitative estimate of drug-likeness (QED) is 0.488. The summed E-state index contributed by atoms with van der Waals surface area (Å²) in [4.78, 5) is 12.8. The molecule has 0 unspecified atom stereocenters. The highest BCUT2D eigenvalue weighted by Gasteiger charge is 2.69. The molecule has 0 aliphatic carbocycles. The number of carbonyl (C=O) groups excluding carboxylic acids is 1. The van der Waals surface area contributed by atoms with Crippen molar-refractivity contribution < 1.29 is 23.7 Å². The number of esters is 1. The second-order valence-electron chi connectivity index (χ2n) is 7.00. The van der Waals surface area contributed by atoms with Crippen LogP contribution in [0.25, 0.3) is 0 Å². The lowest BCUT2D eigenvalue weighted by Gasteiger charge is -2.39. The summed E-state index contributed by atoms with van der Waals surface area (Å²) in [7, 11) is 0. The van der Waals surface area contributed by atoms with E-state index < -0.39 is 17.4 Å². The van der Waals surface area contributed by atoms with Crippen LogP contribution < -0.4 is 5.73 Å². The molecule has 3 aliphatic heterocycles. The van der Waals surface area contributed by atoms with Crippen molar-refractivity contribution in [3.8, 4) is 0 Å². The van der Waals surface area contributed by atoms with Gasteiger partial charge < -0.3 is 24.7 Å². The van der Waals surface area contributed by atoms with E-state index in [1.807, 2.05) is 24.3 Å². The first-order valence-electron chi connectivity index (χ1n) is 9.04. The van der Waals surface area contributed by atoms with Crippen LogP contribution in [0, 0.1) is 5.92 Å². The lowest BCUT2D eigenvalue weighted by Crippen LogP contribution is -2.52. The Balaban J connectivity index is 1.62. The van der Waals surface area contributed by atoms with Crippen LogP contribution in [0.2, 0.25) is 0 Å². The number of benzene rings is 1. The van der Waals surface area contributed by atoms with E-state index in [2.05, 4.69) is 6.58 Å². The first-order valence-corrected chi connectivity index (χ1v) is 9.04. The van der Waals surface area contributed by atoms with Gasteiger partial charge in [-0.15, -0.1) is 0 Å². The summed E-state index contributed by atoms with van der Waals surface area (Å²) < 4.78 is 24.0. The molecule has 4 rings (SSSR count). The van der Waals surface area contributed by atoms with Gasteiger partial charge in [-0.2, -0.15) is 0 Å². The van der Waals surface area contributed by atoms with Crippen LogP contribution >= 0.6 is 0 Å². The number of rotatable bonds is 5. The van der Waals surface area contributed by atoms with Crippen LogP contribution in [-0.2, 0) is 18.9 Å². The van der Waals surface area contributed by atoms with Gasteiger partial charge in [0, 0.05) is 5.69 Å². The van der Waals surface area contributed by atoms with Crippen molar-refractivity contribution in [3.63, 3.8) is 0 Å². The van der Waals surface area contributed by atoms with Crippen LogP contribution in [-0.4, -0.2) is 43.3 Å². The Bertz CT molecular complexity index is 804. The van der Waals surface area contributed by atoms with Gasteiger partial charge in [0.25, 0.3) is 0 Å². The topological polar surface area (TPSA) is 80.0 Å². The molecule has 4 atom stereocenters. The summed E-state index contributed by atoms with van der Waals surface area (Å²) in [5.41, 5.74) is 5.76. The predicted octanol–water partition coefficient (Wildman–Crippen LogP) is 2.62. The third-order valence-corrected chi connectivity index (χ3v) is 5.35. The van der Waals surface area contributed by atoms with Gasteiger partial charge in [0.05, 0.1) is 37.4 Å². The fourth-order valence-corrected chi connectivity index (χ4v) is 4.15. The minimum atomic E-state index is -0.965. The first kappa shape index (κ1) is 18.0. The van der Waals surface area contributed by atoms with Gasteiger partial charge in [0.1, 0.15) is 0 Å². The van der Waals surface area contributed by atoms with Gasteiger partial charge >= 0.3 is 5.97 Å². The number of hydrogen-bond donors (Lipinski definition) is 1. The number of nitrogen functional groups attached to an aromatic ring is 1. The maximum Gasteiger partial charge on any atom is 0.340 e. The van der Waals surface area contributed by atoms with Crippen LogP contribution in [0.15, 0.2) is 61.2 Å². The summed E-state index contributed by atoms with van der Waals surface area (Å²) >= 11 is 0. The molecular weight excluding hydrogens is 346 g/mol. The van der Waals surface area contributed by atoms with Gasteiger partial charge in [-0.05, 0) is 24.6 Å². The highest BCUT2D eigenvalue weighted by molar-refractivity contribution is 5.95. The van der Waals surface area contributed by atoms with Crippen molar-refractivity contribution in [1.29, 1.82) is 0 Å². The summed E-state index contributed by atoms with van der Waals surface area (Å²) in [5, 5.41) is 0. The van der Waals surface area contributed by atoms with Gasteiger partial charge in [0.15, 0.2) is 11.4 Å². The molecule has 2 N–H and O–H groups in total. The van der Waals surface area contributed by atoms with Crippen molar-refractivity contribution >= 4 is 11.7 Å². The summed E-state index contributed by atoms with van der Waals surface area (Å²) in [6.07, 6.45) is 9.73. The molecule has 0 saturated carbocycles. The molecule has 0 radical (unpaired) electrons. The Morgan fingerprint density at radius 2 is 2.07 bits per heavy atom. The predicted molar refractivity (Wildman–Crippen MR) is 100.0 cm³/mol. The lowest BCUT2D eigenvalue weighted by molar-refractivity contribution is -0.236. The van der Waals surface area contributed by atoms with E-state index in [0.29, 0.717) is 17.9 Å². The summed E-state index contributed by atoms with van der Waals surface area (Å²) in [5.74, 6) is -1.67. The maximum atomic E-state index is 12.8. The zero-order valence-corrected chi connectivity index (χ0v) is 15.0. The molecule has 3 saturated heterocycles. The molecule has 0 spiro atoms. The molecule has 27 heavy (non-hydrogen) atoms. The van der Waals surface area contributed by atoms with E-state index >= 15 is 0 Å². The van der Waals surface area contributed by atoms with Crippen molar-refractivity contribution in [3.05, 3.63) is 66.8 Å². The molecule has 1 aromatic carbocycles. The van der Waals surface area contributed by atoms with E-state index in [0.717, 1.165) is 6.42 Å². The SMILES string of the molecule is C=C/C=C/C=C/[C@]12OCC[C@@H]3OC[C@](OC(=O)c4ccccc4N)(CO1)[C@@H]32. The molecule has 0 aromatic heterocycles. The lowest BCUT2D eigenvalue weighted by atomic mass is 9.80. The number of nitrogens with two attached hydrogens (primary N) is 1. The fourth-order valence-electron chi connectivity index (χ4n) is 4.15. The van der Waals surface area contributed by atoms with E-state index in [-0.39, 0.29) is 25.2 Å². The number of carbonyl (C=O) groups is 1. The number of ether oxygens (including phenoxy) is 4. The second kappa shape index (κ2) is 6.96. The Kier molecular flexibility index (Phi) is 4.63. The number of para-hydroxylation sites is 1. The molecule has 6 heteroatoms. The minimum absolute atomic E-state index is 0.0878. The van der Waals surface area contributed by atoms with E-state index in [1.54, 1.807) is 30.3 Å². The molecule has 6 nitrogen and oxygen atoms in total. The summed E-state index contributed by atoms with van der Waals surface area (Å²) in [6.45, 7) is 4.66. The van der Waals surface area contributed by atoms with E-state index in [4.69, 9.17) is 24.7 Å². The summed E-state index contributed by atoms with van der Waals surface area (Å²) in [6, 6.07) is 6.86. The average Bonchev–Trinajstić information content (AvgIpc) is 3.20. The average molecular weight is 369 g/mol. The van der Waals surface area contributed by atoms with Gasteiger partial charge in [0.2, 0.25) is 0 Å². The standard InChI is InChI=1S/C21H23NO5/c1-2-3-4-7-11-21-18-17(10-12-25-21)24-13-20(18,14-26-21)27-19(23)15-8-5-6-9-16(15)22/h2-9,11,17-18H,1,10,12-14,22H2/b4-3+,11-7+/t17-,18+,20-,21-/m0/s1. The molecular formula is C21H23NO5. The Morgan fingerprint density at radius 1 is 1.22 bits per heavy atom. The molecule has 3 heterocycles. The van der Waals surface area contributed by atoms with Crippen LogP contribution in [0.3, 0.4) is 0 Å². The third kappa shape index (κ3) is 3.00. The van der Waals surface area contributed by atoms with Crippen LogP contribution in [0.5, 0.6) is 0 Å². The number of hydrogen-bond acceptors (Lipinski definition) is 6. The molecule has 142 valence electrons. The fraction of sp³-hybridized carbons (Fsp3) is 0.381. The van der Waals surface area contributed by atoms with Crippen LogP contribution in [0.1, 0.15) is 16.8 Å². The highest BCUT2D eigenvalue weighted by atomic mass is 16.7. The molecule has 3 fully saturated rings. The molecule has 1 aromatic rings. The Hall–Kier alpha value is -2.41. The van der Waals surface area contributed by atoms with Crippen molar-refractivity contribution in [2.75, 3.05) is 25.6 Å². The second-order valence-corrected chi connectivity index (χ2v) is 7.00. The minimum Gasteiger partial charge on any atom is -0.450 e. The highest BCUT2D eigenvalue weighted by Crippen LogP contribution is 2.53. The van der Waals surface area contributed by atoms with Crippen molar-refractivity contribution in [1.82, 2.24) is 0 Å². The van der Waals surface area contributed by atoms with Crippen molar-refractivity contribution in [2.24, 2.45) is 5.92 Å². The maximum absolute atomic E-state index is 12.8. The van der Waals surface area contributed by atoms with Crippen molar-refractivity contribution in [2.45, 2.75) is 23.9 Å². The zero-order valence-electron chi connectivity index (χ0n) is 15.0. The van der Waals surface area contributed by atoms with E-state index in [9.17, 15) is 4.79 Å². The zero-order chi connectivity index (χ0) is 18.9. The smallest absolute Gasteiger partial charge is 0.340 e. The Labute approximate surface area is 158 Å². The first-order chi connectivity index (χ1) is 13.1. The normalized spacial score (nSPS) is 34.8. The van der Waals surface area contributed by atoms with E-state index in [1.165, 1.54) is 0 Å².